The fourth-order valence-electron chi connectivity index (χ4n) is 3.63. The molecule has 0 radical (unpaired) electrons. The Hall–Kier alpha value is -3.69. The van der Waals surface area contributed by atoms with Crippen molar-refractivity contribution >= 4 is 53.5 Å². The fourth-order valence-corrected chi connectivity index (χ4v) is 5.80. The van der Waals surface area contributed by atoms with E-state index in [0.29, 0.717) is 24.0 Å². The van der Waals surface area contributed by atoms with Crippen LogP contribution in [0.5, 0.6) is 0 Å². The first kappa shape index (κ1) is 21.2. The minimum Gasteiger partial charge on any atom is -0.361 e. The van der Waals surface area contributed by atoms with Gasteiger partial charge in [-0.2, -0.15) is 0 Å². The van der Waals surface area contributed by atoms with Gasteiger partial charge in [-0.15, -0.1) is 0 Å². The van der Waals surface area contributed by atoms with E-state index in [1.165, 1.54) is 23.5 Å². The Balaban J connectivity index is 1.26. The monoisotopic (exact) mass is 476 g/mol. The fraction of sp³-hybridized carbons (Fsp3) is 0.0833. The molecule has 0 aliphatic heterocycles. The number of benzene rings is 3. The van der Waals surface area contributed by atoms with Gasteiger partial charge in [0.25, 0.3) is 15.9 Å². The topological polar surface area (TPSA) is 104 Å². The average molecular weight is 477 g/mol. The summed E-state index contributed by atoms with van der Waals surface area (Å²) >= 11 is 1.19. The quantitative estimate of drug-likeness (QED) is 0.321. The summed E-state index contributed by atoms with van der Waals surface area (Å²) in [7, 11) is -3.72. The number of hydrogen-bond acceptors (Lipinski definition) is 5. The standard InChI is InChI=1S/C24H20N4O3S2/c29-23(25-13-12-17-15-26-20-9-5-4-8-19(17)20)16-10-11-21-22(14-16)32-24(27-21)28-33(30,31)18-6-2-1-3-7-18/h1-11,14-15,26H,12-13H2,(H,25,29)(H,27,28). The third kappa shape index (κ3) is 4.46. The van der Waals surface area contributed by atoms with Crippen LogP contribution in [-0.4, -0.2) is 30.8 Å². The molecule has 0 saturated heterocycles. The highest BCUT2D eigenvalue weighted by Gasteiger charge is 2.17. The number of thiazole rings is 1. The van der Waals surface area contributed by atoms with E-state index in [1.807, 2.05) is 24.4 Å². The normalized spacial score (nSPS) is 11.6. The molecule has 2 heterocycles. The van der Waals surface area contributed by atoms with Crippen LogP contribution in [0.1, 0.15) is 15.9 Å². The summed E-state index contributed by atoms with van der Waals surface area (Å²) in [4.78, 5) is 20.4. The number of para-hydroxylation sites is 1. The summed E-state index contributed by atoms with van der Waals surface area (Å²) in [6.45, 7) is 0.504. The van der Waals surface area contributed by atoms with Crippen LogP contribution in [0.15, 0.2) is 83.9 Å². The Morgan fingerprint density at radius 3 is 2.64 bits per heavy atom. The molecular formula is C24H20N4O3S2. The van der Waals surface area contributed by atoms with E-state index in [4.69, 9.17) is 0 Å². The van der Waals surface area contributed by atoms with Crippen LogP contribution in [0, 0.1) is 0 Å². The van der Waals surface area contributed by atoms with Crippen LogP contribution in [-0.2, 0) is 16.4 Å². The maximum absolute atomic E-state index is 12.7. The Morgan fingerprint density at radius 2 is 1.79 bits per heavy atom. The predicted molar refractivity (Wildman–Crippen MR) is 131 cm³/mol. The van der Waals surface area contributed by atoms with Gasteiger partial charge in [0.1, 0.15) is 0 Å². The Kier molecular flexibility index (Phi) is 5.57. The van der Waals surface area contributed by atoms with Crippen molar-refractivity contribution in [2.45, 2.75) is 11.3 Å². The van der Waals surface area contributed by atoms with Gasteiger partial charge in [-0.1, -0.05) is 47.7 Å². The minimum absolute atomic E-state index is 0.166. The zero-order valence-corrected chi connectivity index (χ0v) is 19.0. The van der Waals surface area contributed by atoms with Gasteiger partial charge in [0, 0.05) is 29.2 Å². The van der Waals surface area contributed by atoms with Crippen molar-refractivity contribution in [2.75, 3.05) is 11.3 Å². The van der Waals surface area contributed by atoms with Gasteiger partial charge in [0.15, 0.2) is 5.13 Å². The summed E-state index contributed by atoms with van der Waals surface area (Å²) in [6.07, 6.45) is 2.68. The van der Waals surface area contributed by atoms with Crippen molar-refractivity contribution in [1.29, 1.82) is 0 Å². The molecule has 2 aromatic heterocycles. The molecule has 33 heavy (non-hydrogen) atoms. The van der Waals surface area contributed by atoms with Crippen molar-refractivity contribution in [2.24, 2.45) is 0 Å². The van der Waals surface area contributed by atoms with E-state index in [-0.39, 0.29) is 15.9 Å². The molecule has 166 valence electrons. The predicted octanol–water partition coefficient (Wildman–Crippen LogP) is 4.55. The number of aromatic amines is 1. The minimum atomic E-state index is -3.72. The van der Waals surface area contributed by atoms with Gasteiger partial charge in [0.05, 0.1) is 15.1 Å². The lowest BCUT2D eigenvalue weighted by atomic mass is 10.1. The van der Waals surface area contributed by atoms with Crippen LogP contribution in [0.2, 0.25) is 0 Å². The van der Waals surface area contributed by atoms with Gasteiger partial charge >= 0.3 is 0 Å². The number of hydrogen-bond donors (Lipinski definition) is 3. The smallest absolute Gasteiger partial charge is 0.263 e. The molecule has 0 atom stereocenters. The number of anilines is 1. The van der Waals surface area contributed by atoms with Crippen molar-refractivity contribution < 1.29 is 13.2 Å². The van der Waals surface area contributed by atoms with Crippen molar-refractivity contribution in [3.8, 4) is 0 Å². The molecule has 5 aromatic rings. The second kappa shape index (κ2) is 8.68. The van der Waals surface area contributed by atoms with E-state index in [0.717, 1.165) is 21.2 Å². The van der Waals surface area contributed by atoms with E-state index in [9.17, 15) is 13.2 Å². The zero-order chi connectivity index (χ0) is 22.8. The maximum Gasteiger partial charge on any atom is 0.263 e. The van der Waals surface area contributed by atoms with Crippen LogP contribution in [0.4, 0.5) is 5.13 Å². The molecule has 0 aliphatic rings. The summed E-state index contributed by atoms with van der Waals surface area (Å²) < 4.78 is 28.3. The van der Waals surface area contributed by atoms with Gasteiger partial charge in [-0.05, 0) is 48.4 Å². The lowest BCUT2D eigenvalue weighted by molar-refractivity contribution is 0.0954. The van der Waals surface area contributed by atoms with E-state index < -0.39 is 10.0 Å². The van der Waals surface area contributed by atoms with E-state index >= 15 is 0 Å². The summed E-state index contributed by atoms with van der Waals surface area (Å²) in [5.41, 5.74) is 3.36. The summed E-state index contributed by atoms with van der Waals surface area (Å²) in [6, 6.07) is 21.3. The van der Waals surface area contributed by atoms with E-state index in [2.05, 4.69) is 26.1 Å². The highest BCUT2D eigenvalue weighted by atomic mass is 32.2. The number of fused-ring (bicyclic) bond motifs is 2. The first-order valence-corrected chi connectivity index (χ1v) is 12.6. The molecule has 7 nitrogen and oxygen atoms in total. The molecule has 9 heteroatoms. The number of aromatic nitrogens is 2. The van der Waals surface area contributed by atoms with Crippen LogP contribution in [0.25, 0.3) is 21.1 Å². The Bertz CT molecular complexity index is 1560. The number of carbonyl (C=O) groups excluding carboxylic acids is 1. The second-order valence-corrected chi connectivity index (χ2v) is 10.2. The SMILES string of the molecule is O=C(NCCc1c[nH]c2ccccc12)c1ccc2nc(NS(=O)(=O)c3ccccc3)sc2c1. The third-order valence-corrected chi connectivity index (χ3v) is 7.70. The number of carbonyl (C=O) groups is 1. The van der Waals surface area contributed by atoms with Crippen LogP contribution in [0.3, 0.4) is 0 Å². The maximum atomic E-state index is 12.7. The Morgan fingerprint density at radius 1 is 1.00 bits per heavy atom. The molecule has 0 unspecified atom stereocenters. The lowest BCUT2D eigenvalue weighted by Gasteiger charge is -2.05. The molecular weight excluding hydrogens is 456 g/mol. The number of sulfonamides is 1. The van der Waals surface area contributed by atoms with E-state index in [1.54, 1.807) is 36.4 Å². The molecule has 0 aliphatic carbocycles. The molecule has 0 fully saturated rings. The molecule has 3 aromatic carbocycles. The van der Waals surface area contributed by atoms with Crippen molar-refractivity contribution in [3.63, 3.8) is 0 Å². The van der Waals surface area contributed by atoms with Gasteiger partial charge in [-0.3, -0.25) is 9.52 Å². The number of nitrogens with one attached hydrogen (secondary N) is 3. The van der Waals surface area contributed by atoms with Gasteiger partial charge in [-0.25, -0.2) is 13.4 Å². The molecule has 0 bridgehead atoms. The number of nitrogens with zero attached hydrogens (tertiary/aromatic N) is 1. The lowest BCUT2D eigenvalue weighted by Crippen LogP contribution is -2.25. The van der Waals surface area contributed by atoms with Gasteiger partial charge < -0.3 is 10.3 Å². The van der Waals surface area contributed by atoms with Crippen molar-refractivity contribution in [3.05, 3.63) is 90.1 Å². The number of amides is 1. The highest BCUT2D eigenvalue weighted by Crippen LogP contribution is 2.28. The molecule has 0 saturated carbocycles. The van der Waals surface area contributed by atoms with Crippen LogP contribution >= 0.6 is 11.3 Å². The summed E-state index contributed by atoms with van der Waals surface area (Å²) in [5, 5.41) is 4.36. The number of H-pyrrole nitrogens is 1. The van der Waals surface area contributed by atoms with Crippen molar-refractivity contribution in [1.82, 2.24) is 15.3 Å². The highest BCUT2D eigenvalue weighted by molar-refractivity contribution is 7.93. The first-order chi connectivity index (χ1) is 16.0. The average Bonchev–Trinajstić information content (AvgIpc) is 3.42. The van der Waals surface area contributed by atoms with Gasteiger partial charge in [0.2, 0.25) is 0 Å². The molecule has 1 amide bonds. The molecule has 3 N–H and O–H groups in total. The third-order valence-electron chi connectivity index (χ3n) is 5.28. The largest absolute Gasteiger partial charge is 0.361 e. The van der Waals surface area contributed by atoms with Crippen LogP contribution < -0.4 is 10.0 Å². The molecule has 5 rings (SSSR count). The number of rotatable bonds is 7. The zero-order valence-electron chi connectivity index (χ0n) is 17.4. The molecule has 0 spiro atoms. The summed E-state index contributed by atoms with van der Waals surface area (Å²) in [5.74, 6) is -0.184. The first-order valence-electron chi connectivity index (χ1n) is 10.3. The Labute approximate surface area is 194 Å². The second-order valence-electron chi connectivity index (χ2n) is 7.49.